The number of hydrogen-bond donors (Lipinski definition) is 1. The monoisotopic (exact) mass is 135 g/mol. The van der Waals surface area contributed by atoms with Crippen molar-refractivity contribution in [3.05, 3.63) is 17.8 Å². The van der Waals surface area contributed by atoms with Crippen LogP contribution < -0.4 is 5.32 Å². The molecule has 1 aliphatic heterocycles. The topological polar surface area (TPSA) is 54.9 Å². The van der Waals surface area contributed by atoms with Gasteiger partial charge in [0.15, 0.2) is 5.82 Å². The van der Waals surface area contributed by atoms with Crippen molar-refractivity contribution in [1.29, 1.82) is 0 Å². The van der Waals surface area contributed by atoms with Gasteiger partial charge in [-0.3, -0.25) is 4.79 Å². The second-order valence-corrected chi connectivity index (χ2v) is 2.13. The van der Waals surface area contributed by atoms with E-state index in [-0.39, 0.29) is 5.91 Å². The fourth-order valence-corrected chi connectivity index (χ4v) is 0.955. The Balaban J connectivity index is 2.51. The SMILES string of the molecule is O=C1Cc2ccnnc2N1. The summed E-state index contributed by atoms with van der Waals surface area (Å²) in [5.41, 5.74) is 0.931. The molecule has 0 bridgehead atoms. The maximum absolute atomic E-state index is 10.7. The predicted octanol–water partition coefficient (Wildman–Crippen LogP) is -0.0288. The minimum absolute atomic E-state index is 0.00417. The third kappa shape index (κ3) is 0.655. The van der Waals surface area contributed by atoms with E-state index in [0.29, 0.717) is 12.2 Å². The van der Waals surface area contributed by atoms with Gasteiger partial charge in [-0.15, -0.1) is 5.10 Å². The average Bonchev–Trinajstić information content (AvgIpc) is 2.27. The number of rotatable bonds is 0. The molecule has 1 N–H and O–H groups in total. The first-order chi connectivity index (χ1) is 4.86. The molecule has 0 aliphatic carbocycles. The van der Waals surface area contributed by atoms with E-state index in [1.807, 2.05) is 0 Å². The summed E-state index contributed by atoms with van der Waals surface area (Å²) in [6.45, 7) is 0. The summed E-state index contributed by atoms with van der Waals surface area (Å²) in [5.74, 6) is 0.600. The van der Waals surface area contributed by atoms with E-state index >= 15 is 0 Å². The zero-order valence-electron chi connectivity index (χ0n) is 5.16. The lowest BCUT2D eigenvalue weighted by Gasteiger charge is -1.90. The standard InChI is InChI=1S/C6H5N3O/c10-5-3-4-1-2-7-9-6(4)8-5/h1-2H,3H2,(H,8,9,10). The Hall–Kier alpha value is -1.45. The lowest BCUT2D eigenvalue weighted by atomic mass is 10.2. The molecule has 2 heterocycles. The van der Waals surface area contributed by atoms with Crippen LogP contribution in [0.2, 0.25) is 0 Å². The summed E-state index contributed by atoms with van der Waals surface area (Å²) in [6, 6.07) is 1.79. The molecule has 4 nitrogen and oxygen atoms in total. The normalized spacial score (nSPS) is 14.6. The molecule has 4 heteroatoms. The molecule has 0 saturated carbocycles. The van der Waals surface area contributed by atoms with E-state index in [0.717, 1.165) is 5.56 Å². The lowest BCUT2D eigenvalue weighted by molar-refractivity contribution is -0.115. The summed E-state index contributed by atoms with van der Waals surface area (Å²) in [4.78, 5) is 10.7. The summed E-state index contributed by atoms with van der Waals surface area (Å²) in [6.07, 6.45) is 2.02. The van der Waals surface area contributed by atoms with Gasteiger partial charge in [0.05, 0.1) is 12.6 Å². The van der Waals surface area contributed by atoms with Gasteiger partial charge < -0.3 is 5.32 Å². The van der Waals surface area contributed by atoms with Crippen LogP contribution in [-0.2, 0) is 11.2 Å². The van der Waals surface area contributed by atoms with Crippen molar-refractivity contribution in [2.75, 3.05) is 5.32 Å². The molecule has 0 atom stereocenters. The van der Waals surface area contributed by atoms with Gasteiger partial charge in [-0.2, -0.15) is 5.10 Å². The van der Waals surface area contributed by atoms with Crippen LogP contribution in [0, 0.1) is 0 Å². The Morgan fingerprint density at radius 1 is 1.60 bits per heavy atom. The number of carbonyl (C=O) groups excluding carboxylic acids is 1. The van der Waals surface area contributed by atoms with Crippen LogP contribution in [0.4, 0.5) is 5.82 Å². The fraction of sp³-hybridized carbons (Fsp3) is 0.167. The van der Waals surface area contributed by atoms with Crippen molar-refractivity contribution in [2.24, 2.45) is 0 Å². The summed E-state index contributed by atoms with van der Waals surface area (Å²) in [5, 5.41) is 9.94. The van der Waals surface area contributed by atoms with Crippen LogP contribution in [0.3, 0.4) is 0 Å². The zero-order valence-corrected chi connectivity index (χ0v) is 5.16. The van der Waals surface area contributed by atoms with Crippen molar-refractivity contribution in [2.45, 2.75) is 6.42 Å². The van der Waals surface area contributed by atoms with E-state index in [1.54, 1.807) is 12.3 Å². The third-order valence-electron chi connectivity index (χ3n) is 1.41. The van der Waals surface area contributed by atoms with E-state index in [4.69, 9.17) is 0 Å². The highest BCUT2D eigenvalue weighted by Gasteiger charge is 2.17. The zero-order chi connectivity index (χ0) is 6.97. The summed E-state index contributed by atoms with van der Waals surface area (Å²) >= 11 is 0. The maximum Gasteiger partial charge on any atom is 0.230 e. The molecule has 0 saturated heterocycles. The fourth-order valence-electron chi connectivity index (χ4n) is 0.955. The Morgan fingerprint density at radius 3 is 3.30 bits per heavy atom. The smallest absolute Gasteiger partial charge is 0.230 e. The van der Waals surface area contributed by atoms with E-state index < -0.39 is 0 Å². The van der Waals surface area contributed by atoms with Crippen LogP contribution in [0.25, 0.3) is 0 Å². The molecule has 1 aliphatic rings. The third-order valence-corrected chi connectivity index (χ3v) is 1.41. The molecular weight excluding hydrogens is 130 g/mol. The van der Waals surface area contributed by atoms with Gasteiger partial charge in [-0.05, 0) is 6.07 Å². The number of anilines is 1. The van der Waals surface area contributed by atoms with Gasteiger partial charge in [-0.1, -0.05) is 0 Å². The number of nitrogens with zero attached hydrogens (tertiary/aromatic N) is 2. The van der Waals surface area contributed by atoms with Crippen LogP contribution in [0.15, 0.2) is 12.3 Å². The Kier molecular flexibility index (Phi) is 0.943. The molecule has 10 heavy (non-hydrogen) atoms. The molecule has 50 valence electrons. The largest absolute Gasteiger partial charge is 0.309 e. The summed E-state index contributed by atoms with van der Waals surface area (Å²) in [7, 11) is 0. The molecule has 0 fully saturated rings. The minimum atomic E-state index is -0.00417. The number of amides is 1. The quantitative estimate of drug-likeness (QED) is 0.543. The molecule has 2 rings (SSSR count). The van der Waals surface area contributed by atoms with Crippen molar-refractivity contribution in [3.63, 3.8) is 0 Å². The highest BCUT2D eigenvalue weighted by Crippen LogP contribution is 2.16. The van der Waals surface area contributed by atoms with Crippen molar-refractivity contribution >= 4 is 11.7 Å². The first-order valence-electron chi connectivity index (χ1n) is 2.97. The maximum atomic E-state index is 10.7. The highest BCUT2D eigenvalue weighted by atomic mass is 16.1. The molecule has 1 aromatic rings. The van der Waals surface area contributed by atoms with Crippen LogP contribution in [-0.4, -0.2) is 16.1 Å². The van der Waals surface area contributed by atoms with Gasteiger partial charge in [-0.25, -0.2) is 0 Å². The average molecular weight is 135 g/mol. The molecule has 0 spiro atoms. The molecule has 1 amide bonds. The molecule has 1 aromatic heterocycles. The first kappa shape index (κ1) is 5.34. The van der Waals surface area contributed by atoms with Crippen LogP contribution in [0.5, 0.6) is 0 Å². The van der Waals surface area contributed by atoms with Crippen molar-refractivity contribution in [3.8, 4) is 0 Å². The first-order valence-corrected chi connectivity index (χ1v) is 2.97. The highest BCUT2D eigenvalue weighted by molar-refractivity contribution is 5.97. The van der Waals surface area contributed by atoms with Crippen molar-refractivity contribution in [1.82, 2.24) is 10.2 Å². The number of hydrogen-bond acceptors (Lipinski definition) is 3. The number of fused-ring (bicyclic) bond motifs is 1. The van der Waals surface area contributed by atoms with E-state index in [1.165, 1.54) is 0 Å². The second kappa shape index (κ2) is 1.76. The molecule has 0 unspecified atom stereocenters. The van der Waals surface area contributed by atoms with Crippen LogP contribution in [0.1, 0.15) is 5.56 Å². The Bertz CT molecular complexity index is 257. The summed E-state index contributed by atoms with van der Waals surface area (Å²) < 4.78 is 0. The van der Waals surface area contributed by atoms with Gasteiger partial charge in [0, 0.05) is 5.56 Å². The van der Waals surface area contributed by atoms with Gasteiger partial charge >= 0.3 is 0 Å². The van der Waals surface area contributed by atoms with Gasteiger partial charge in [0.2, 0.25) is 5.91 Å². The van der Waals surface area contributed by atoms with Gasteiger partial charge in [0.1, 0.15) is 0 Å². The molecular formula is C6H5N3O. The Labute approximate surface area is 57.3 Å². The number of nitrogens with one attached hydrogen (secondary N) is 1. The lowest BCUT2D eigenvalue weighted by Crippen LogP contribution is -2.04. The molecule has 0 aromatic carbocycles. The van der Waals surface area contributed by atoms with Gasteiger partial charge in [0.25, 0.3) is 0 Å². The predicted molar refractivity (Wildman–Crippen MR) is 34.4 cm³/mol. The van der Waals surface area contributed by atoms with Crippen molar-refractivity contribution < 1.29 is 4.79 Å². The van der Waals surface area contributed by atoms with E-state index in [2.05, 4.69) is 15.5 Å². The molecule has 0 radical (unpaired) electrons. The second-order valence-electron chi connectivity index (χ2n) is 2.13. The Morgan fingerprint density at radius 2 is 2.50 bits per heavy atom. The number of carbonyl (C=O) groups is 1. The minimum Gasteiger partial charge on any atom is -0.309 e. The number of aromatic nitrogens is 2. The van der Waals surface area contributed by atoms with Crippen LogP contribution >= 0.6 is 0 Å². The van der Waals surface area contributed by atoms with E-state index in [9.17, 15) is 4.79 Å².